The standard InChI is InChI=1S/C27H27ClF2N4O2/c1-34(2)10-9-31-26(35)14-22(27(36)32-15-17-11-18(28)4-8-23(17)30)16-3-6-20-21-7-5-19(29)13-25(21)33-24(20)12-16/h3-8,11-13,22,33H,9-10,14-15H2,1-2H3,(H,31,35)(H,32,36). The summed E-state index contributed by atoms with van der Waals surface area (Å²) in [6.45, 7) is 1.03. The minimum Gasteiger partial charge on any atom is -0.355 e. The maximum Gasteiger partial charge on any atom is 0.228 e. The molecule has 0 bridgehead atoms. The van der Waals surface area contributed by atoms with Crippen LogP contribution in [-0.4, -0.2) is 48.9 Å². The zero-order chi connectivity index (χ0) is 25.8. The van der Waals surface area contributed by atoms with Gasteiger partial charge in [-0.05, 0) is 62.1 Å². The van der Waals surface area contributed by atoms with Crippen molar-refractivity contribution < 1.29 is 18.4 Å². The smallest absolute Gasteiger partial charge is 0.228 e. The molecule has 0 saturated carbocycles. The fourth-order valence-corrected chi connectivity index (χ4v) is 4.33. The molecule has 0 radical (unpaired) electrons. The molecule has 1 atom stereocenters. The van der Waals surface area contributed by atoms with Crippen LogP contribution >= 0.6 is 11.6 Å². The first-order valence-corrected chi connectivity index (χ1v) is 11.9. The summed E-state index contributed by atoms with van der Waals surface area (Å²) in [5.41, 5.74) is 2.22. The van der Waals surface area contributed by atoms with Crippen LogP contribution in [0.3, 0.4) is 0 Å². The first-order valence-electron chi connectivity index (χ1n) is 11.5. The lowest BCUT2D eigenvalue weighted by atomic mass is 9.93. The van der Waals surface area contributed by atoms with Crippen molar-refractivity contribution >= 4 is 45.2 Å². The number of halogens is 3. The summed E-state index contributed by atoms with van der Waals surface area (Å²) >= 11 is 5.97. The fraction of sp³-hybridized carbons (Fsp3) is 0.259. The van der Waals surface area contributed by atoms with E-state index in [-0.39, 0.29) is 30.3 Å². The van der Waals surface area contributed by atoms with Gasteiger partial charge in [0.25, 0.3) is 0 Å². The molecule has 0 spiro atoms. The fourth-order valence-electron chi connectivity index (χ4n) is 4.14. The monoisotopic (exact) mass is 512 g/mol. The van der Waals surface area contributed by atoms with Crippen molar-refractivity contribution in [1.82, 2.24) is 20.5 Å². The predicted octanol–water partition coefficient (Wildman–Crippen LogP) is 4.72. The van der Waals surface area contributed by atoms with Gasteiger partial charge < -0.3 is 20.5 Å². The van der Waals surface area contributed by atoms with E-state index in [1.165, 1.54) is 30.3 Å². The molecule has 4 rings (SSSR count). The average molecular weight is 513 g/mol. The lowest BCUT2D eigenvalue weighted by molar-refractivity contribution is -0.128. The molecule has 3 aromatic carbocycles. The second kappa shape index (κ2) is 11.1. The number of fused-ring (bicyclic) bond motifs is 3. The number of aromatic amines is 1. The summed E-state index contributed by atoms with van der Waals surface area (Å²) in [6, 6.07) is 14.1. The van der Waals surface area contributed by atoms with E-state index in [9.17, 15) is 18.4 Å². The van der Waals surface area contributed by atoms with Crippen molar-refractivity contribution in [3.8, 4) is 0 Å². The number of likely N-dealkylation sites (N-methyl/N-ethyl adjacent to an activating group) is 1. The van der Waals surface area contributed by atoms with Gasteiger partial charge in [0.15, 0.2) is 0 Å². The van der Waals surface area contributed by atoms with Gasteiger partial charge in [0.2, 0.25) is 11.8 Å². The van der Waals surface area contributed by atoms with E-state index in [0.29, 0.717) is 29.2 Å². The predicted molar refractivity (Wildman–Crippen MR) is 138 cm³/mol. The molecule has 0 saturated heterocycles. The summed E-state index contributed by atoms with van der Waals surface area (Å²) in [6.07, 6.45) is -0.0857. The molecular formula is C27H27ClF2N4O2. The third kappa shape index (κ3) is 6.01. The molecule has 1 unspecified atom stereocenters. The van der Waals surface area contributed by atoms with E-state index >= 15 is 0 Å². The highest BCUT2D eigenvalue weighted by molar-refractivity contribution is 6.30. The van der Waals surface area contributed by atoms with Crippen molar-refractivity contribution in [2.75, 3.05) is 27.2 Å². The maximum absolute atomic E-state index is 14.2. The van der Waals surface area contributed by atoms with E-state index in [4.69, 9.17) is 11.6 Å². The highest BCUT2D eigenvalue weighted by atomic mass is 35.5. The maximum atomic E-state index is 14.2. The van der Waals surface area contributed by atoms with Crippen molar-refractivity contribution in [2.45, 2.75) is 18.9 Å². The number of nitrogens with zero attached hydrogens (tertiary/aromatic N) is 1. The zero-order valence-corrected chi connectivity index (χ0v) is 20.8. The number of carbonyl (C=O) groups excluding carboxylic acids is 2. The molecule has 3 N–H and O–H groups in total. The van der Waals surface area contributed by atoms with Gasteiger partial charge in [-0.1, -0.05) is 23.7 Å². The van der Waals surface area contributed by atoms with E-state index in [1.807, 2.05) is 25.1 Å². The van der Waals surface area contributed by atoms with Crippen molar-refractivity contribution in [2.24, 2.45) is 0 Å². The van der Waals surface area contributed by atoms with Gasteiger partial charge in [-0.15, -0.1) is 0 Å². The third-order valence-corrected chi connectivity index (χ3v) is 6.27. The van der Waals surface area contributed by atoms with Crippen LogP contribution in [0.1, 0.15) is 23.5 Å². The summed E-state index contributed by atoms with van der Waals surface area (Å²) in [7, 11) is 3.80. The van der Waals surface area contributed by atoms with E-state index < -0.39 is 17.6 Å². The zero-order valence-electron chi connectivity index (χ0n) is 20.0. The molecular weight excluding hydrogens is 486 g/mol. The Balaban J connectivity index is 1.60. The Bertz CT molecular complexity index is 1420. The Kier molecular flexibility index (Phi) is 7.86. The second-order valence-electron chi connectivity index (χ2n) is 8.98. The summed E-state index contributed by atoms with van der Waals surface area (Å²) in [5.74, 6) is -2.35. The van der Waals surface area contributed by atoms with Gasteiger partial charge in [-0.25, -0.2) is 8.78 Å². The number of carbonyl (C=O) groups is 2. The SMILES string of the molecule is CN(C)CCNC(=O)CC(C(=O)NCc1cc(Cl)ccc1F)c1ccc2c(c1)[nH]c1cc(F)ccc12. The number of rotatable bonds is 9. The first-order chi connectivity index (χ1) is 17.2. The minimum atomic E-state index is -0.820. The molecule has 1 aromatic heterocycles. The number of aromatic nitrogens is 1. The number of hydrogen-bond donors (Lipinski definition) is 3. The van der Waals surface area contributed by atoms with Gasteiger partial charge in [-0.3, -0.25) is 9.59 Å². The van der Waals surface area contributed by atoms with E-state index in [0.717, 1.165) is 16.3 Å². The molecule has 0 aliphatic carbocycles. The summed E-state index contributed by atoms with van der Waals surface area (Å²) in [5, 5.41) is 7.68. The lowest BCUT2D eigenvalue weighted by Gasteiger charge is -2.18. The van der Waals surface area contributed by atoms with Crippen molar-refractivity contribution in [3.05, 3.63) is 82.4 Å². The number of amides is 2. The molecule has 36 heavy (non-hydrogen) atoms. The van der Waals surface area contributed by atoms with Crippen molar-refractivity contribution in [3.63, 3.8) is 0 Å². The Morgan fingerprint density at radius 3 is 2.44 bits per heavy atom. The molecule has 9 heteroatoms. The number of benzene rings is 3. The van der Waals surface area contributed by atoms with Crippen LogP contribution in [0.25, 0.3) is 21.8 Å². The molecule has 1 heterocycles. The highest BCUT2D eigenvalue weighted by Crippen LogP contribution is 2.30. The van der Waals surface area contributed by atoms with Gasteiger partial charge in [-0.2, -0.15) is 0 Å². The average Bonchev–Trinajstić information content (AvgIpc) is 3.19. The Morgan fingerprint density at radius 2 is 1.69 bits per heavy atom. The minimum absolute atomic E-state index is 0.0715. The van der Waals surface area contributed by atoms with Crippen LogP contribution in [0.4, 0.5) is 8.78 Å². The topological polar surface area (TPSA) is 77.2 Å². The van der Waals surface area contributed by atoms with Crippen LogP contribution in [0.5, 0.6) is 0 Å². The first kappa shape index (κ1) is 25.6. The number of H-pyrrole nitrogens is 1. The van der Waals surface area contributed by atoms with Crippen LogP contribution in [-0.2, 0) is 16.1 Å². The third-order valence-electron chi connectivity index (χ3n) is 6.04. The van der Waals surface area contributed by atoms with E-state index in [2.05, 4.69) is 15.6 Å². The number of nitrogens with one attached hydrogen (secondary N) is 3. The van der Waals surface area contributed by atoms with Crippen LogP contribution in [0.2, 0.25) is 5.02 Å². The normalized spacial score (nSPS) is 12.3. The van der Waals surface area contributed by atoms with Crippen LogP contribution < -0.4 is 10.6 Å². The highest BCUT2D eigenvalue weighted by Gasteiger charge is 2.25. The van der Waals surface area contributed by atoms with Gasteiger partial charge >= 0.3 is 0 Å². The van der Waals surface area contributed by atoms with Gasteiger partial charge in [0.05, 0.1) is 5.92 Å². The quantitative estimate of drug-likeness (QED) is 0.304. The Hall–Kier alpha value is -3.49. The molecule has 0 aliphatic rings. The number of hydrogen-bond acceptors (Lipinski definition) is 3. The molecule has 0 fully saturated rings. The Morgan fingerprint density at radius 1 is 0.972 bits per heavy atom. The largest absolute Gasteiger partial charge is 0.355 e. The summed E-state index contributed by atoms with van der Waals surface area (Å²) in [4.78, 5) is 31.1. The molecule has 0 aliphatic heterocycles. The van der Waals surface area contributed by atoms with E-state index in [1.54, 1.807) is 18.2 Å². The van der Waals surface area contributed by atoms with Crippen LogP contribution in [0.15, 0.2) is 54.6 Å². The Labute approximate surface area is 212 Å². The lowest BCUT2D eigenvalue weighted by Crippen LogP contribution is -2.36. The van der Waals surface area contributed by atoms with Gasteiger partial charge in [0.1, 0.15) is 11.6 Å². The molecule has 6 nitrogen and oxygen atoms in total. The van der Waals surface area contributed by atoms with Gasteiger partial charge in [0, 0.05) is 58.4 Å². The second-order valence-corrected chi connectivity index (χ2v) is 9.42. The molecule has 4 aromatic rings. The summed E-state index contributed by atoms with van der Waals surface area (Å²) < 4.78 is 27.9. The molecule has 2 amide bonds. The van der Waals surface area contributed by atoms with Crippen molar-refractivity contribution in [1.29, 1.82) is 0 Å². The van der Waals surface area contributed by atoms with Crippen LogP contribution in [0, 0.1) is 11.6 Å². The molecule has 188 valence electrons.